The van der Waals surface area contributed by atoms with Crippen molar-refractivity contribution in [2.75, 3.05) is 31.6 Å². The van der Waals surface area contributed by atoms with Crippen LogP contribution in [0.25, 0.3) is 0 Å². The number of carbonyl (C=O) groups is 1. The first kappa shape index (κ1) is 21.4. The fourth-order valence-electron chi connectivity index (χ4n) is 5.07. The fourth-order valence-corrected chi connectivity index (χ4v) is 6.68. The van der Waals surface area contributed by atoms with Crippen LogP contribution in [0.3, 0.4) is 0 Å². The number of carbonyl (C=O) groups excluding carboxylic acids is 1. The maximum absolute atomic E-state index is 13.0. The zero-order valence-corrected chi connectivity index (χ0v) is 20.3. The van der Waals surface area contributed by atoms with Crippen LogP contribution in [0.2, 0.25) is 0 Å². The smallest absolute Gasteiger partial charge is 0.261 e. The second-order valence-electron chi connectivity index (χ2n) is 8.55. The van der Waals surface area contributed by atoms with Gasteiger partial charge in [0.25, 0.3) is 5.91 Å². The molecule has 4 nitrogen and oxygen atoms in total. The Bertz CT molecular complexity index is 808. The second-order valence-corrected chi connectivity index (χ2v) is 10.8. The average molecular weight is 523 g/mol. The quantitative estimate of drug-likeness (QED) is 0.472. The van der Waals surface area contributed by atoms with Gasteiger partial charge in [-0.1, -0.05) is 18.6 Å². The van der Waals surface area contributed by atoms with Crippen molar-refractivity contribution in [2.45, 2.75) is 32.6 Å². The molecular weight excluding hydrogens is 493 g/mol. The lowest BCUT2D eigenvalue weighted by atomic mass is 9.89. The molecule has 2 heterocycles. The first-order chi connectivity index (χ1) is 14.0. The van der Waals surface area contributed by atoms with Gasteiger partial charge in [-0.25, -0.2) is 5.01 Å². The minimum atomic E-state index is 0.0524. The molecule has 3 atom stereocenters. The van der Waals surface area contributed by atoms with Gasteiger partial charge in [0, 0.05) is 52.4 Å². The van der Waals surface area contributed by atoms with Gasteiger partial charge in [-0.2, -0.15) is 11.8 Å². The SMILES string of the molecule is CN=C1/C(=C(\C)C(=O)NN2CC3CCCC3C2)CSCC1Cc1ccc(I)cc1. The van der Waals surface area contributed by atoms with Gasteiger partial charge in [0.2, 0.25) is 0 Å². The van der Waals surface area contributed by atoms with E-state index in [0.29, 0.717) is 5.92 Å². The number of halogens is 1. The van der Waals surface area contributed by atoms with Crippen molar-refractivity contribution in [3.63, 3.8) is 0 Å². The lowest BCUT2D eigenvalue weighted by Gasteiger charge is -2.28. The van der Waals surface area contributed by atoms with Crippen molar-refractivity contribution in [2.24, 2.45) is 22.7 Å². The van der Waals surface area contributed by atoms with E-state index < -0.39 is 0 Å². The molecule has 2 saturated heterocycles. The van der Waals surface area contributed by atoms with Crippen molar-refractivity contribution >= 4 is 46.0 Å². The summed E-state index contributed by atoms with van der Waals surface area (Å²) in [5, 5.41) is 2.16. The van der Waals surface area contributed by atoms with Crippen LogP contribution < -0.4 is 5.43 Å². The number of fused-ring (bicyclic) bond motifs is 1. The summed E-state index contributed by atoms with van der Waals surface area (Å²) in [5.41, 5.74) is 7.62. The second kappa shape index (κ2) is 9.52. The van der Waals surface area contributed by atoms with Crippen LogP contribution in [-0.4, -0.2) is 48.3 Å². The van der Waals surface area contributed by atoms with Gasteiger partial charge < -0.3 is 0 Å². The van der Waals surface area contributed by atoms with Crippen LogP contribution in [0, 0.1) is 21.3 Å². The third-order valence-electron chi connectivity index (χ3n) is 6.68. The molecule has 1 saturated carbocycles. The zero-order chi connectivity index (χ0) is 20.4. The summed E-state index contributed by atoms with van der Waals surface area (Å²) in [6.45, 7) is 4.00. The summed E-state index contributed by atoms with van der Waals surface area (Å²) in [7, 11) is 1.87. The Morgan fingerprint density at radius 1 is 1.24 bits per heavy atom. The molecule has 0 bridgehead atoms. The monoisotopic (exact) mass is 523 g/mol. The number of nitrogens with zero attached hydrogens (tertiary/aromatic N) is 2. The number of aliphatic imine (C=N–C) groups is 1. The molecule has 0 aromatic heterocycles. The van der Waals surface area contributed by atoms with Gasteiger partial charge in [0.05, 0.1) is 0 Å². The number of hydrogen-bond acceptors (Lipinski definition) is 4. The van der Waals surface area contributed by atoms with E-state index in [2.05, 4.69) is 62.3 Å². The number of rotatable bonds is 4. The van der Waals surface area contributed by atoms with E-state index in [1.807, 2.05) is 25.7 Å². The minimum Gasteiger partial charge on any atom is -0.292 e. The fraction of sp³-hybridized carbons (Fsp3) is 0.565. The Hall–Kier alpha value is -0.860. The highest BCUT2D eigenvalue weighted by Crippen LogP contribution is 2.37. The predicted octanol–water partition coefficient (Wildman–Crippen LogP) is 4.35. The third-order valence-corrected chi connectivity index (χ3v) is 8.53. The molecule has 29 heavy (non-hydrogen) atoms. The Morgan fingerprint density at radius 3 is 2.59 bits per heavy atom. The Balaban J connectivity index is 1.45. The Kier molecular flexibility index (Phi) is 7.02. The van der Waals surface area contributed by atoms with Crippen LogP contribution in [0.5, 0.6) is 0 Å². The molecule has 156 valence electrons. The molecule has 2 aliphatic heterocycles. The van der Waals surface area contributed by atoms with E-state index in [1.165, 1.54) is 28.4 Å². The first-order valence-corrected chi connectivity index (χ1v) is 12.8. The molecule has 1 amide bonds. The van der Waals surface area contributed by atoms with E-state index in [4.69, 9.17) is 0 Å². The van der Waals surface area contributed by atoms with Crippen LogP contribution in [-0.2, 0) is 11.2 Å². The lowest BCUT2D eigenvalue weighted by molar-refractivity contribution is -0.121. The highest BCUT2D eigenvalue weighted by Gasteiger charge is 2.37. The molecule has 6 heteroatoms. The zero-order valence-electron chi connectivity index (χ0n) is 17.3. The number of benzene rings is 1. The molecule has 0 spiro atoms. The normalized spacial score (nSPS) is 30.4. The van der Waals surface area contributed by atoms with Gasteiger partial charge in [0.1, 0.15) is 0 Å². The number of nitrogens with one attached hydrogen (secondary N) is 1. The molecule has 1 N–H and O–H groups in total. The largest absolute Gasteiger partial charge is 0.292 e. The molecule has 3 aliphatic rings. The maximum Gasteiger partial charge on any atom is 0.261 e. The van der Waals surface area contributed by atoms with Gasteiger partial charge >= 0.3 is 0 Å². The Morgan fingerprint density at radius 2 is 1.93 bits per heavy atom. The number of hydrazine groups is 1. The molecule has 4 rings (SSSR count). The minimum absolute atomic E-state index is 0.0524. The number of hydrogen-bond donors (Lipinski definition) is 1. The van der Waals surface area contributed by atoms with Gasteiger partial charge in [-0.3, -0.25) is 15.2 Å². The number of amides is 1. The van der Waals surface area contributed by atoms with E-state index in [0.717, 1.165) is 59.7 Å². The van der Waals surface area contributed by atoms with Crippen LogP contribution >= 0.6 is 34.4 Å². The summed E-state index contributed by atoms with van der Waals surface area (Å²) in [6, 6.07) is 8.74. The van der Waals surface area contributed by atoms with Crippen LogP contribution in [0.15, 0.2) is 40.4 Å². The van der Waals surface area contributed by atoms with E-state index in [1.54, 1.807) is 0 Å². The molecule has 3 unspecified atom stereocenters. The van der Waals surface area contributed by atoms with Crippen molar-refractivity contribution in [3.05, 3.63) is 44.5 Å². The summed E-state index contributed by atoms with van der Waals surface area (Å²) < 4.78 is 1.26. The predicted molar refractivity (Wildman–Crippen MR) is 130 cm³/mol. The van der Waals surface area contributed by atoms with Gasteiger partial charge in [-0.15, -0.1) is 0 Å². The van der Waals surface area contributed by atoms with Crippen LogP contribution in [0.1, 0.15) is 31.7 Å². The summed E-state index contributed by atoms with van der Waals surface area (Å²) in [4.78, 5) is 17.7. The average Bonchev–Trinajstić information content (AvgIpc) is 3.30. The summed E-state index contributed by atoms with van der Waals surface area (Å²) in [5.74, 6) is 3.91. The Labute approximate surface area is 192 Å². The first-order valence-electron chi connectivity index (χ1n) is 10.6. The van der Waals surface area contributed by atoms with Crippen molar-refractivity contribution in [1.82, 2.24) is 10.4 Å². The standard InChI is InChI=1S/C23H30IN3OS/c1-15(23(28)26-27-11-17-4-3-5-18(17)12-27)21-14-29-13-19(22(21)25-2)10-16-6-8-20(24)9-7-16/h6-9,17-19H,3-5,10-14H2,1-2H3,(H,26,28)/b21-15+,25-22?. The van der Waals surface area contributed by atoms with Crippen molar-refractivity contribution in [1.29, 1.82) is 0 Å². The van der Waals surface area contributed by atoms with Crippen molar-refractivity contribution < 1.29 is 4.79 Å². The lowest BCUT2D eigenvalue weighted by Crippen LogP contribution is -2.42. The maximum atomic E-state index is 13.0. The summed E-state index contributed by atoms with van der Waals surface area (Å²) in [6.07, 6.45) is 4.97. The molecular formula is C23H30IN3OS. The highest BCUT2D eigenvalue weighted by atomic mass is 127. The van der Waals surface area contributed by atoms with Gasteiger partial charge in [0.15, 0.2) is 0 Å². The molecule has 1 aromatic carbocycles. The van der Waals surface area contributed by atoms with E-state index >= 15 is 0 Å². The summed E-state index contributed by atoms with van der Waals surface area (Å²) >= 11 is 4.26. The molecule has 1 aliphatic carbocycles. The molecule has 3 fully saturated rings. The van der Waals surface area contributed by atoms with Crippen LogP contribution in [0.4, 0.5) is 0 Å². The third kappa shape index (κ3) is 4.90. The topological polar surface area (TPSA) is 44.7 Å². The van der Waals surface area contributed by atoms with E-state index in [9.17, 15) is 4.79 Å². The molecule has 1 aromatic rings. The molecule has 0 radical (unpaired) electrons. The number of thioether (sulfide) groups is 1. The highest BCUT2D eigenvalue weighted by molar-refractivity contribution is 14.1. The van der Waals surface area contributed by atoms with E-state index in [-0.39, 0.29) is 5.91 Å². The van der Waals surface area contributed by atoms with Crippen molar-refractivity contribution in [3.8, 4) is 0 Å². The van der Waals surface area contributed by atoms with Gasteiger partial charge in [-0.05, 0) is 83.9 Å².